The summed E-state index contributed by atoms with van der Waals surface area (Å²) in [5, 5.41) is 3.42. The Kier molecular flexibility index (Phi) is 8.10. The molecule has 0 radical (unpaired) electrons. The lowest BCUT2D eigenvalue weighted by atomic mass is 10.2. The maximum Gasteiger partial charge on any atom is 0.123 e. The molecule has 1 aromatic rings. The van der Waals surface area contributed by atoms with Crippen molar-refractivity contribution in [3.8, 4) is 5.75 Å². The van der Waals surface area contributed by atoms with Crippen molar-refractivity contribution in [3.63, 3.8) is 0 Å². The van der Waals surface area contributed by atoms with Gasteiger partial charge in [0, 0.05) is 36.3 Å². The summed E-state index contributed by atoms with van der Waals surface area (Å²) in [6.07, 6.45) is 2.05. The molecule has 108 valence electrons. The van der Waals surface area contributed by atoms with Gasteiger partial charge in [0.05, 0.1) is 6.61 Å². The van der Waals surface area contributed by atoms with Gasteiger partial charge in [0.15, 0.2) is 0 Å². The van der Waals surface area contributed by atoms with Crippen molar-refractivity contribution in [3.05, 3.63) is 28.2 Å². The molecule has 0 spiro atoms. The predicted molar refractivity (Wildman–Crippen MR) is 82.7 cm³/mol. The molecule has 0 aromatic heterocycles. The van der Waals surface area contributed by atoms with Crippen LogP contribution in [0.1, 0.15) is 32.3 Å². The molecule has 0 unspecified atom stereocenters. The molecule has 1 N–H and O–H groups in total. The fraction of sp³-hybridized carbons (Fsp3) is 0.600. The van der Waals surface area contributed by atoms with Crippen LogP contribution in [0.25, 0.3) is 0 Å². The highest BCUT2D eigenvalue weighted by Crippen LogP contribution is 2.23. The van der Waals surface area contributed by atoms with Crippen LogP contribution in [-0.4, -0.2) is 26.4 Å². The van der Waals surface area contributed by atoms with E-state index in [0.717, 1.165) is 42.8 Å². The van der Waals surface area contributed by atoms with Crippen molar-refractivity contribution >= 4 is 15.9 Å². The highest BCUT2D eigenvalue weighted by atomic mass is 79.9. The van der Waals surface area contributed by atoms with Gasteiger partial charge in [-0.25, -0.2) is 0 Å². The second-order valence-corrected chi connectivity index (χ2v) is 5.75. The standard InChI is InChI=1S/C15H24BrNO2/c1-12(2)17-11-13-10-14(16)6-7-15(13)19-9-5-4-8-18-3/h6-7,10,12,17H,4-5,8-9,11H2,1-3H3. The van der Waals surface area contributed by atoms with Crippen molar-refractivity contribution in [1.29, 1.82) is 0 Å². The average Bonchev–Trinajstić information content (AvgIpc) is 2.38. The zero-order valence-corrected chi connectivity index (χ0v) is 13.6. The topological polar surface area (TPSA) is 30.5 Å². The molecule has 1 rings (SSSR count). The van der Waals surface area contributed by atoms with E-state index in [-0.39, 0.29) is 0 Å². The Bertz CT molecular complexity index is 369. The van der Waals surface area contributed by atoms with Gasteiger partial charge < -0.3 is 14.8 Å². The Morgan fingerprint density at radius 2 is 1.95 bits per heavy atom. The van der Waals surface area contributed by atoms with Crippen LogP contribution in [-0.2, 0) is 11.3 Å². The lowest BCUT2D eigenvalue weighted by molar-refractivity contribution is 0.184. The maximum atomic E-state index is 5.85. The molecule has 0 atom stereocenters. The van der Waals surface area contributed by atoms with Crippen LogP contribution in [0.4, 0.5) is 0 Å². The zero-order valence-electron chi connectivity index (χ0n) is 12.0. The first-order valence-electron chi connectivity index (χ1n) is 6.77. The van der Waals surface area contributed by atoms with Crippen LogP contribution in [0.2, 0.25) is 0 Å². The fourth-order valence-corrected chi connectivity index (χ4v) is 2.08. The second kappa shape index (κ2) is 9.34. The van der Waals surface area contributed by atoms with Crippen molar-refractivity contribution < 1.29 is 9.47 Å². The third-order valence-electron chi connectivity index (χ3n) is 2.72. The predicted octanol–water partition coefficient (Wildman–Crippen LogP) is 3.75. The molecule has 19 heavy (non-hydrogen) atoms. The van der Waals surface area contributed by atoms with E-state index in [2.05, 4.69) is 41.2 Å². The molecule has 0 saturated carbocycles. The highest BCUT2D eigenvalue weighted by Gasteiger charge is 2.05. The Hall–Kier alpha value is -0.580. The number of nitrogens with one attached hydrogen (secondary N) is 1. The van der Waals surface area contributed by atoms with E-state index in [0.29, 0.717) is 6.04 Å². The summed E-state index contributed by atoms with van der Waals surface area (Å²) in [5.74, 6) is 0.966. The maximum absolute atomic E-state index is 5.85. The molecule has 0 aliphatic carbocycles. The average molecular weight is 330 g/mol. The van der Waals surface area contributed by atoms with Gasteiger partial charge in [0.2, 0.25) is 0 Å². The first-order chi connectivity index (χ1) is 9.13. The number of unbranched alkanes of at least 4 members (excludes halogenated alkanes) is 1. The van der Waals surface area contributed by atoms with E-state index in [9.17, 15) is 0 Å². The summed E-state index contributed by atoms with van der Waals surface area (Å²) in [5.41, 5.74) is 1.19. The lowest BCUT2D eigenvalue weighted by Crippen LogP contribution is -2.22. The third kappa shape index (κ3) is 6.95. The van der Waals surface area contributed by atoms with Crippen molar-refractivity contribution in [1.82, 2.24) is 5.32 Å². The normalized spacial score (nSPS) is 11.0. The summed E-state index contributed by atoms with van der Waals surface area (Å²) in [6.45, 7) is 6.64. The van der Waals surface area contributed by atoms with Gasteiger partial charge in [-0.3, -0.25) is 0 Å². The van der Waals surface area contributed by atoms with Gasteiger partial charge >= 0.3 is 0 Å². The molecule has 0 saturated heterocycles. The molecular formula is C15H24BrNO2. The molecule has 0 heterocycles. The molecule has 0 fully saturated rings. The molecule has 0 aliphatic rings. The van der Waals surface area contributed by atoms with Gasteiger partial charge in [-0.1, -0.05) is 29.8 Å². The third-order valence-corrected chi connectivity index (χ3v) is 3.22. The van der Waals surface area contributed by atoms with E-state index in [1.807, 2.05) is 12.1 Å². The number of hydrogen-bond acceptors (Lipinski definition) is 3. The zero-order chi connectivity index (χ0) is 14.1. The Morgan fingerprint density at radius 1 is 1.21 bits per heavy atom. The Labute approximate surface area is 124 Å². The first-order valence-corrected chi connectivity index (χ1v) is 7.56. The SMILES string of the molecule is COCCCCOc1ccc(Br)cc1CNC(C)C. The minimum atomic E-state index is 0.466. The van der Waals surface area contributed by atoms with Crippen LogP contribution in [0.5, 0.6) is 5.75 Å². The Balaban J connectivity index is 2.50. The van der Waals surface area contributed by atoms with Gasteiger partial charge in [-0.15, -0.1) is 0 Å². The van der Waals surface area contributed by atoms with Gasteiger partial charge in [0.1, 0.15) is 5.75 Å². The largest absolute Gasteiger partial charge is 0.493 e. The number of ether oxygens (including phenoxy) is 2. The smallest absolute Gasteiger partial charge is 0.123 e. The van der Waals surface area contributed by atoms with Gasteiger partial charge in [-0.2, -0.15) is 0 Å². The number of hydrogen-bond donors (Lipinski definition) is 1. The first kappa shape index (κ1) is 16.5. The summed E-state index contributed by atoms with van der Waals surface area (Å²) in [7, 11) is 1.73. The van der Waals surface area contributed by atoms with Crippen LogP contribution in [0.15, 0.2) is 22.7 Å². The lowest BCUT2D eigenvalue weighted by Gasteiger charge is -2.14. The monoisotopic (exact) mass is 329 g/mol. The Morgan fingerprint density at radius 3 is 2.63 bits per heavy atom. The van der Waals surface area contributed by atoms with E-state index in [1.165, 1.54) is 5.56 Å². The number of benzene rings is 1. The van der Waals surface area contributed by atoms with Crippen molar-refractivity contribution in [2.24, 2.45) is 0 Å². The molecule has 0 bridgehead atoms. The molecular weight excluding hydrogens is 306 g/mol. The van der Waals surface area contributed by atoms with Crippen molar-refractivity contribution in [2.75, 3.05) is 20.3 Å². The van der Waals surface area contributed by atoms with E-state index in [1.54, 1.807) is 7.11 Å². The minimum Gasteiger partial charge on any atom is -0.493 e. The quantitative estimate of drug-likeness (QED) is 0.700. The number of rotatable bonds is 9. The summed E-state index contributed by atoms with van der Waals surface area (Å²) in [6, 6.07) is 6.62. The van der Waals surface area contributed by atoms with Crippen LogP contribution in [0, 0.1) is 0 Å². The van der Waals surface area contributed by atoms with Crippen LogP contribution < -0.4 is 10.1 Å². The molecule has 0 amide bonds. The molecule has 4 heteroatoms. The highest BCUT2D eigenvalue weighted by molar-refractivity contribution is 9.10. The van der Waals surface area contributed by atoms with Crippen molar-refractivity contribution in [2.45, 2.75) is 39.3 Å². The molecule has 1 aromatic carbocycles. The summed E-state index contributed by atoms with van der Waals surface area (Å²) >= 11 is 3.51. The van der Waals surface area contributed by atoms with E-state index >= 15 is 0 Å². The van der Waals surface area contributed by atoms with Crippen LogP contribution in [0.3, 0.4) is 0 Å². The number of methoxy groups -OCH3 is 1. The fourth-order valence-electron chi connectivity index (χ4n) is 1.67. The minimum absolute atomic E-state index is 0.466. The summed E-state index contributed by atoms with van der Waals surface area (Å²) in [4.78, 5) is 0. The number of halogens is 1. The van der Waals surface area contributed by atoms with Gasteiger partial charge in [-0.05, 0) is 31.0 Å². The van der Waals surface area contributed by atoms with Gasteiger partial charge in [0.25, 0.3) is 0 Å². The molecule has 3 nitrogen and oxygen atoms in total. The van der Waals surface area contributed by atoms with E-state index < -0.39 is 0 Å². The molecule has 0 aliphatic heterocycles. The summed E-state index contributed by atoms with van der Waals surface area (Å²) < 4.78 is 12.0. The van der Waals surface area contributed by atoms with E-state index in [4.69, 9.17) is 9.47 Å². The van der Waals surface area contributed by atoms with Crippen LogP contribution >= 0.6 is 15.9 Å². The second-order valence-electron chi connectivity index (χ2n) is 4.84.